The molecule has 1 aliphatic heterocycles. The van der Waals surface area contributed by atoms with Crippen molar-refractivity contribution in [2.75, 3.05) is 13.1 Å². The van der Waals surface area contributed by atoms with E-state index in [1.54, 1.807) is 0 Å². The van der Waals surface area contributed by atoms with Gasteiger partial charge in [0.25, 0.3) is 0 Å². The van der Waals surface area contributed by atoms with E-state index in [0.717, 1.165) is 19.0 Å². The Kier molecular flexibility index (Phi) is 2.42. The minimum Gasteiger partial charge on any atom is -0.335 e. The van der Waals surface area contributed by atoms with Gasteiger partial charge in [0, 0.05) is 19.1 Å². The zero-order valence-electron chi connectivity index (χ0n) is 8.25. The highest BCUT2D eigenvalue weighted by Crippen LogP contribution is 2.24. The van der Waals surface area contributed by atoms with Crippen molar-refractivity contribution in [3.05, 3.63) is 0 Å². The van der Waals surface area contributed by atoms with Gasteiger partial charge in [-0.2, -0.15) is 0 Å². The maximum absolute atomic E-state index is 11.5. The van der Waals surface area contributed by atoms with Crippen LogP contribution in [0.25, 0.3) is 0 Å². The largest absolute Gasteiger partial charge is 0.335 e. The fourth-order valence-corrected chi connectivity index (χ4v) is 2.12. The predicted molar refractivity (Wildman–Crippen MR) is 51.5 cm³/mol. The molecule has 2 unspecified atom stereocenters. The number of rotatable bonds is 1. The van der Waals surface area contributed by atoms with Gasteiger partial charge in [-0.15, -0.1) is 0 Å². The fourth-order valence-electron chi connectivity index (χ4n) is 2.12. The molecule has 1 N–H and O–H groups in total. The van der Waals surface area contributed by atoms with Crippen LogP contribution in [-0.2, 0) is 0 Å². The Balaban J connectivity index is 1.74. The standard InChI is InChI=1S/C10H18N2O/c1-8-3-4-9(7-8)11-10(13)12-5-2-6-12/h8-9H,2-7H2,1H3,(H,11,13). The minimum absolute atomic E-state index is 0.158. The van der Waals surface area contributed by atoms with Crippen molar-refractivity contribution in [1.82, 2.24) is 10.2 Å². The van der Waals surface area contributed by atoms with E-state index in [1.807, 2.05) is 4.90 Å². The van der Waals surface area contributed by atoms with Crippen molar-refractivity contribution in [2.45, 2.75) is 38.6 Å². The Morgan fingerprint density at radius 1 is 1.38 bits per heavy atom. The summed E-state index contributed by atoms with van der Waals surface area (Å²) in [6, 6.07) is 0.605. The lowest BCUT2D eigenvalue weighted by molar-refractivity contribution is 0.164. The number of carbonyl (C=O) groups excluding carboxylic acids is 1. The highest BCUT2D eigenvalue weighted by molar-refractivity contribution is 5.75. The van der Waals surface area contributed by atoms with Crippen molar-refractivity contribution in [1.29, 1.82) is 0 Å². The first-order valence-corrected chi connectivity index (χ1v) is 5.31. The molecular weight excluding hydrogens is 164 g/mol. The molecule has 0 aromatic heterocycles. The van der Waals surface area contributed by atoms with Gasteiger partial charge in [0.15, 0.2) is 0 Å². The number of hydrogen-bond acceptors (Lipinski definition) is 1. The molecule has 2 atom stereocenters. The maximum Gasteiger partial charge on any atom is 0.317 e. The Morgan fingerprint density at radius 2 is 2.15 bits per heavy atom. The third-order valence-electron chi connectivity index (χ3n) is 3.17. The van der Waals surface area contributed by atoms with Crippen molar-refractivity contribution in [3.8, 4) is 0 Å². The van der Waals surface area contributed by atoms with Crippen LogP contribution in [0.2, 0.25) is 0 Å². The Labute approximate surface area is 79.5 Å². The second-order valence-electron chi connectivity index (χ2n) is 4.41. The van der Waals surface area contributed by atoms with E-state index in [0.29, 0.717) is 6.04 Å². The molecule has 2 aliphatic rings. The smallest absolute Gasteiger partial charge is 0.317 e. The van der Waals surface area contributed by atoms with E-state index in [-0.39, 0.29) is 6.03 Å². The maximum atomic E-state index is 11.5. The van der Waals surface area contributed by atoms with E-state index in [4.69, 9.17) is 0 Å². The topological polar surface area (TPSA) is 32.3 Å². The van der Waals surface area contributed by atoms with Crippen LogP contribution in [-0.4, -0.2) is 30.1 Å². The van der Waals surface area contributed by atoms with Gasteiger partial charge in [-0.25, -0.2) is 4.79 Å². The second-order valence-corrected chi connectivity index (χ2v) is 4.41. The van der Waals surface area contributed by atoms with Gasteiger partial charge in [0.1, 0.15) is 0 Å². The first-order valence-electron chi connectivity index (χ1n) is 5.31. The summed E-state index contributed by atoms with van der Waals surface area (Å²) in [6.07, 6.45) is 4.78. The predicted octanol–water partition coefficient (Wildman–Crippen LogP) is 1.59. The van der Waals surface area contributed by atoms with Crippen LogP contribution in [0.4, 0.5) is 4.79 Å². The lowest BCUT2D eigenvalue weighted by Crippen LogP contribution is -2.50. The molecule has 0 aromatic rings. The second kappa shape index (κ2) is 3.56. The van der Waals surface area contributed by atoms with Crippen LogP contribution in [0.5, 0.6) is 0 Å². The summed E-state index contributed by atoms with van der Waals surface area (Å²) in [5, 5.41) is 3.10. The molecule has 2 rings (SSSR count). The monoisotopic (exact) mass is 182 g/mol. The molecular formula is C10H18N2O. The molecule has 3 nitrogen and oxygen atoms in total. The van der Waals surface area contributed by atoms with E-state index in [9.17, 15) is 4.79 Å². The highest BCUT2D eigenvalue weighted by atomic mass is 16.2. The van der Waals surface area contributed by atoms with Gasteiger partial charge in [-0.1, -0.05) is 6.92 Å². The summed E-state index contributed by atoms with van der Waals surface area (Å²) in [5.74, 6) is 0.793. The summed E-state index contributed by atoms with van der Waals surface area (Å²) in [7, 11) is 0. The molecule has 1 saturated carbocycles. The van der Waals surface area contributed by atoms with Crippen LogP contribution in [0.1, 0.15) is 32.6 Å². The molecule has 0 aromatic carbocycles. The van der Waals surface area contributed by atoms with E-state index in [1.165, 1.54) is 25.7 Å². The highest BCUT2D eigenvalue weighted by Gasteiger charge is 2.26. The Bertz CT molecular complexity index is 201. The number of amides is 2. The molecule has 0 bridgehead atoms. The van der Waals surface area contributed by atoms with Crippen molar-refractivity contribution in [3.63, 3.8) is 0 Å². The summed E-state index contributed by atoms with van der Waals surface area (Å²) in [6.45, 7) is 4.16. The molecule has 0 spiro atoms. The van der Waals surface area contributed by atoms with E-state index in [2.05, 4.69) is 12.2 Å². The molecule has 1 aliphatic carbocycles. The van der Waals surface area contributed by atoms with Crippen LogP contribution in [0.15, 0.2) is 0 Å². The quantitative estimate of drug-likeness (QED) is 0.656. The Morgan fingerprint density at radius 3 is 2.62 bits per heavy atom. The number of hydrogen-bond donors (Lipinski definition) is 1. The fraction of sp³-hybridized carbons (Fsp3) is 0.900. The molecule has 1 saturated heterocycles. The zero-order chi connectivity index (χ0) is 9.26. The third kappa shape index (κ3) is 1.95. The van der Waals surface area contributed by atoms with Crippen molar-refractivity contribution < 1.29 is 4.79 Å². The van der Waals surface area contributed by atoms with E-state index >= 15 is 0 Å². The Hall–Kier alpha value is -0.730. The van der Waals surface area contributed by atoms with Gasteiger partial charge in [-0.05, 0) is 31.6 Å². The average molecular weight is 182 g/mol. The summed E-state index contributed by atoms with van der Waals surface area (Å²) >= 11 is 0. The molecule has 2 amide bonds. The van der Waals surface area contributed by atoms with Crippen LogP contribution in [0.3, 0.4) is 0 Å². The lowest BCUT2D eigenvalue weighted by atomic mass is 10.1. The number of nitrogens with zero attached hydrogens (tertiary/aromatic N) is 1. The summed E-state index contributed by atoms with van der Waals surface area (Å²) in [5.41, 5.74) is 0. The number of nitrogens with one attached hydrogen (secondary N) is 1. The average Bonchev–Trinajstić information content (AvgIpc) is 2.31. The molecule has 13 heavy (non-hydrogen) atoms. The van der Waals surface area contributed by atoms with Gasteiger partial charge >= 0.3 is 6.03 Å². The van der Waals surface area contributed by atoms with Crippen LogP contribution < -0.4 is 5.32 Å². The third-order valence-corrected chi connectivity index (χ3v) is 3.17. The lowest BCUT2D eigenvalue weighted by Gasteiger charge is -2.32. The number of carbonyl (C=O) groups is 1. The number of urea groups is 1. The zero-order valence-corrected chi connectivity index (χ0v) is 8.25. The SMILES string of the molecule is CC1CCC(NC(=O)N2CCC2)C1. The molecule has 74 valence electrons. The van der Waals surface area contributed by atoms with Crippen LogP contribution in [0, 0.1) is 5.92 Å². The van der Waals surface area contributed by atoms with Crippen molar-refractivity contribution >= 4 is 6.03 Å². The van der Waals surface area contributed by atoms with Gasteiger partial charge in [-0.3, -0.25) is 0 Å². The first kappa shape index (κ1) is 8.85. The molecule has 2 fully saturated rings. The normalized spacial score (nSPS) is 32.8. The summed E-state index contributed by atoms with van der Waals surface area (Å²) in [4.78, 5) is 13.4. The van der Waals surface area contributed by atoms with Crippen LogP contribution >= 0.6 is 0 Å². The van der Waals surface area contributed by atoms with Gasteiger partial charge in [0.2, 0.25) is 0 Å². The van der Waals surface area contributed by atoms with Gasteiger partial charge < -0.3 is 10.2 Å². The molecule has 3 heteroatoms. The van der Waals surface area contributed by atoms with Gasteiger partial charge in [0.05, 0.1) is 0 Å². The molecule has 0 radical (unpaired) electrons. The van der Waals surface area contributed by atoms with Crippen molar-refractivity contribution in [2.24, 2.45) is 5.92 Å². The van der Waals surface area contributed by atoms with E-state index < -0.39 is 0 Å². The minimum atomic E-state index is 0.158. The first-order chi connectivity index (χ1) is 6.25. The summed E-state index contributed by atoms with van der Waals surface area (Å²) < 4.78 is 0. The number of likely N-dealkylation sites (tertiary alicyclic amines) is 1. The molecule has 1 heterocycles.